The molecule has 1 atom stereocenters. The normalized spacial score (nSPS) is 19.5. The molecule has 1 N–H and O–H groups in total. The van der Waals surface area contributed by atoms with Crippen molar-refractivity contribution in [2.45, 2.75) is 52.1 Å². The van der Waals surface area contributed by atoms with Gasteiger partial charge in [-0.15, -0.1) is 0 Å². The molecule has 1 fully saturated rings. The number of hydrogen-bond donors (Lipinski definition) is 1. The minimum atomic E-state index is 0.288. The van der Waals surface area contributed by atoms with Gasteiger partial charge in [0, 0.05) is 24.5 Å². The van der Waals surface area contributed by atoms with Crippen molar-refractivity contribution in [3.05, 3.63) is 23.8 Å². The maximum absolute atomic E-state index is 4.45. The summed E-state index contributed by atoms with van der Waals surface area (Å²) in [6.45, 7) is 10.2. The van der Waals surface area contributed by atoms with Crippen molar-refractivity contribution in [3.8, 4) is 0 Å². The van der Waals surface area contributed by atoms with Gasteiger partial charge in [0.2, 0.25) is 0 Å². The Labute approximate surface area is 116 Å². The van der Waals surface area contributed by atoms with E-state index in [-0.39, 0.29) is 6.04 Å². The van der Waals surface area contributed by atoms with Crippen LogP contribution in [0.1, 0.15) is 50.5 Å². The minimum Gasteiger partial charge on any atom is -0.306 e. The lowest BCUT2D eigenvalue weighted by atomic mass is 10.0. The van der Waals surface area contributed by atoms with E-state index in [0.717, 1.165) is 11.4 Å². The van der Waals surface area contributed by atoms with Crippen LogP contribution in [0.2, 0.25) is 0 Å². The van der Waals surface area contributed by atoms with Gasteiger partial charge in [-0.1, -0.05) is 6.92 Å². The molecule has 1 aromatic rings. The number of hydrogen-bond acceptors (Lipinski definition) is 4. The Bertz CT molecular complexity index is 385. The Morgan fingerprint density at radius 3 is 2.63 bits per heavy atom. The molecule has 0 saturated carbocycles. The lowest BCUT2D eigenvalue weighted by Gasteiger charge is -2.33. The van der Waals surface area contributed by atoms with Crippen LogP contribution in [0.4, 0.5) is 0 Å². The first-order chi connectivity index (χ1) is 9.20. The van der Waals surface area contributed by atoms with Crippen LogP contribution >= 0.6 is 0 Å². The predicted molar refractivity (Wildman–Crippen MR) is 78.1 cm³/mol. The summed E-state index contributed by atoms with van der Waals surface area (Å²) < 4.78 is 0. The molecule has 1 saturated heterocycles. The number of piperidine rings is 1. The molecule has 4 nitrogen and oxygen atoms in total. The lowest BCUT2D eigenvalue weighted by Crippen LogP contribution is -2.43. The van der Waals surface area contributed by atoms with E-state index in [2.05, 4.69) is 34.0 Å². The molecule has 2 heterocycles. The first-order valence-electron chi connectivity index (χ1n) is 7.46. The number of aromatic nitrogens is 2. The molecule has 0 spiro atoms. The molecule has 0 bridgehead atoms. The molecule has 0 radical (unpaired) electrons. The van der Waals surface area contributed by atoms with Crippen LogP contribution in [0.25, 0.3) is 0 Å². The standard InChI is InChI=1S/C15H26N4/c1-4-9-19-10-5-14(6-11-19)18-13(3)15-12(2)16-7-8-17-15/h7-8,13-14,18H,4-6,9-11H2,1-3H3. The van der Waals surface area contributed by atoms with Gasteiger partial charge in [-0.05, 0) is 52.7 Å². The van der Waals surface area contributed by atoms with Gasteiger partial charge in [0.05, 0.1) is 11.4 Å². The molecular weight excluding hydrogens is 236 g/mol. The third-order valence-electron chi connectivity index (χ3n) is 3.94. The summed E-state index contributed by atoms with van der Waals surface area (Å²) in [4.78, 5) is 11.3. The lowest BCUT2D eigenvalue weighted by molar-refractivity contribution is 0.192. The Morgan fingerprint density at radius 1 is 1.32 bits per heavy atom. The van der Waals surface area contributed by atoms with Gasteiger partial charge >= 0.3 is 0 Å². The second kappa shape index (κ2) is 6.96. The summed E-state index contributed by atoms with van der Waals surface area (Å²) in [7, 11) is 0. The summed E-state index contributed by atoms with van der Waals surface area (Å²) >= 11 is 0. The summed E-state index contributed by atoms with van der Waals surface area (Å²) in [6.07, 6.45) is 7.28. The molecule has 19 heavy (non-hydrogen) atoms. The van der Waals surface area contributed by atoms with Crippen LogP contribution in [0.3, 0.4) is 0 Å². The topological polar surface area (TPSA) is 41.0 Å². The van der Waals surface area contributed by atoms with E-state index in [0.29, 0.717) is 6.04 Å². The molecule has 1 aliphatic heterocycles. The van der Waals surface area contributed by atoms with E-state index in [1.807, 2.05) is 6.92 Å². The van der Waals surface area contributed by atoms with Crippen LogP contribution in [0.5, 0.6) is 0 Å². The number of aryl methyl sites for hydroxylation is 1. The highest BCUT2D eigenvalue weighted by Crippen LogP contribution is 2.17. The second-order valence-corrected chi connectivity index (χ2v) is 5.53. The van der Waals surface area contributed by atoms with Crippen LogP contribution < -0.4 is 5.32 Å². The van der Waals surface area contributed by atoms with E-state index in [4.69, 9.17) is 0 Å². The highest BCUT2D eigenvalue weighted by Gasteiger charge is 2.21. The van der Waals surface area contributed by atoms with Gasteiger partial charge in [-0.25, -0.2) is 0 Å². The number of likely N-dealkylation sites (tertiary alicyclic amines) is 1. The van der Waals surface area contributed by atoms with Crippen molar-refractivity contribution in [1.82, 2.24) is 20.2 Å². The van der Waals surface area contributed by atoms with Crippen LogP contribution in [0, 0.1) is 6.92 Å². The van der Waals surface area contributed by atoms with Crippen molar-refractivity contribution in [2.24, 2.45) is 0 Å². The van der Waals surface area contributed by atoms with Crippen LogP contribution in [-0.4, -0.2) is 40.5 Å². The van der Waals surface area contributed by atoms with Gasteiger partial charge in [0.15, 0.2) is 0 Å². The summed E-state index contributed by atoms with van der Waals surface area (Å²) in [5, 5.41) is 3.71. The molecule has 4 heteroatoms. The fourth-order valence-electron chi connectivity index (χ4n) is 2.92. The van der Waals surface area contributed by atoms with Gasteiger partial charge in [0.1, 0.15) is 0 Å². The smallest absolute Gasteiger partial charge is 0.0782 e. The summed E-state index contributed by atoms with van der Waals surface area (Å²) in [6, 6.07) is 0.904. The zero-order valence-corrected chi connectivity index (χ0v) is 12.4. The third-order valence-corrected chi connectivity index (χ3v) is 3.94. The molecule has 0 amide bonds. The van der Waals surface area contributed by atoms with Crippen molar-refractivity contribution in [1.29, 1.82) is 0 Å². The van der Waals surface area contributed by atoms with E-state index in [1.165, 1.54) is 38.9 Å². The van der Waals surface area contributed by atoms with Crippen molar-refractivity contribution in [2.75, 3.05) is 19.6 Å². The highest BCUT2D eigenvalue weighted by molar-refractivity contribution is 5.12. The van der Waals surface area contributed by atoms with Crippen molar-refractivity contribution >= 4 is 0 Å². The molecule has 0 aromatic carbocycles. The molecule has 2 rings (SSSR count). The number of rotatable bonds is 5. The van der Waals surface area contributed by atoms with Gasteiger partial charge in [0.25, 0.3) is 0 Å². The third kappa shape index (κ3) is 3.98. The predicted octanol–water partition coefficient (Wildman–Crippen LogP) is 2.31. The van der Waals surface area contributed by atoms with E-state index in [9.17, 15) is 0 Å². The largest absolute Gasteiger partial charge is 0.306 e. The summed E-state index contributed by atoms with van der Waals surface area (Å²) in [5.41, 5.74) is 2.12. The van der Waals surface area contributed by atoms with Gasteiger partial charge in [-0.2, -0.15) is 0 Å². The quantitative estimate of drug-likeness (QED) is 0.884. The monoisotopic (exact) mass is 262 g/mol. The zero-order chi connectivity index (χ0) is 13.7. The van der Waals surface area contributed by atoms with Crippen LogP contribution in [-0.2, 0) is 0 Å². The van der Waals surface area contributed by atoms with Crippen molar-refractivity contribution in [3.63, 3.8) is 0 Å². The van der Waals surface area contributed by atoms with E-state index in [1.54, 1.807) is 12.4 Å². The zero-order valence-electron chi connectivity index (χ0n) is 12.4. The average Bonchev–Trinajstić information content (AvgIpc) is 2.42. The van der Waals surface area contributed by atoms with Crippen LogP contribution in [0.15, 0.2) is 12.4 Å². The second-order valence-electron chi connectivity index (χ2n) is 5.53. The number of nitrogens with one attached hydrogen (secondary N) is 1. The maximum atomic E-state index is 4.45. The first-order valence-corrected chi connectivity index (χ1v) is 7.46. The minimum absolute atomic E-state index is 0.288. The molecular formula is C15H26N4. The average molecular weight is 262 g/mol. The molecule has 1 aliphatic rings. The molecule has 106 valence electrons. The van der Waals surface area contributed by atoms with E-state index >= 15 is 0 Å². The Hall–Kier alpha value is -1.00. The summed E-state index contributed by atoms with van der Waals surface area (Å²) in [5.74, 6) is 0. The highest BCUT2D eigenvalue weighted by atomic mass is 15.1. The number of nitrogens with zero attached hydrogens (tertiary/aromatic N) is 3. The molecule has 1 aromatic heterocycles. The first kappa shape index (κ1) is 14.4. The van der Waals surface area contributed by atoms with E-state index < -0.39 is 0 Å². The molecule has 1 unspecified atom stereocenters. The fraction of sp³-hybridized carbons (Fsp3) is 0.733. The Morgan fingerprint density at radius 2 is 2.00 bits per heavy atom. The molecule has 0 aliphatic carbocycles. The fourth-order valence-corrected chi connectivity index (χ4v) is 2.92. The Balaban J connectivity index is 1.84. The maximum Gasteiger partial charge on any atom is 0.0782 e. The Kier molecular flexibility index (Phi) is 5.28. The van der Waals surface area contributed by atoms with Crippen molar-refractivity contribution < 1.29 is 0 Å². The van der Waals surface area contributed by atoms with Gasteiger partial charge in [-0.3, -0.25) is 9.97 Å². The van der Waals surface area contributed by atoms with Gasteiger partial charge < -0.3 is 10.2 Å². The SMILES string of the molecule is CCCN1CCC(NC(C)c2nccnc2C)CC1.